The minimum Gasteiger partial charge on any atom is -0.368 e. The molecule has 3 saturated heterocycles. The predicted octanol–water partition coefficient (Wildman–Crippen LogP) is 10.8. The average Bonchev–Trinajstić information content (AvgIpc) is 3.99. The number of rotatable bonds is 7. The number of piperidine rings is 1. The predicted molar refractivity (Wildman–Crippen MR) is 235 cm³/mol. The molecule has 7 aromatic rings. The number of anilines is 5. The van der Waals surface area contributed by atoms with Crippen LogP contribution in [0.2, 0.25) is 0 Å². The molecule has 1 aromatic heterocycles. The van der Waals surface area contributed by atoms with Crippen molar-refractivity contribution in [2.45, 2.75) is 37.8 Å². The Morgan fingerprint density at radius 1 is 0.536 bits per heavy atom. The molecule has 11 rings (SSSR count). The molecular formula is C50H48N6. The van der Waals surface area contributed by atoms with Gasteiger partial charge in [0, 0.05) is 88.7 Å². The molecule has 4 aliphatic heterocycles. The van der Waals surface area contributed by atoms with Crippen molar-refractivity contribution >= 4 is 56.5 Å². The topological polar surface area (TPSA) is 39.0 Å². The lowest BCUT2D eigenvalue weighted by Crippen LogP contribution is -2.43. The minimum atomic E-state index is 0.548. The van der Waals surface area contributed by atoms with E-state index in [4.69, 9.17) is 0 Å². The number of aromatic nitrogens is 1. The maximum absolute atomic E-state index is 4.67. The Bertz CT molecular complexity index is 2500. The normalized spacial score (nSPS) is 21.8. The van der Waals surface area contributed by atoms with Gasteiger partial charge < -0.3 is 24.6 Å². The van der Waals surface area contributed by atoms with E-state index in [1.54, 1.807) is 0 Å². The zero-order valence-electron chi connectivity index (χ0n) is 31.8. The Kier molecular flexibility index (Phi) is 8.38. The fourth-order valence-electron chi connectivity index (χ4n) is 10.4. The van der Waals surface area contributed by atoms with Gasteiger partial charge >= 0.3 is 0 Å². The van der Waals surface area contributed by atoms with Gasteiger partial charge in [0.1, 0.15) is 0 Å². The largest absolute Gasteiger partial charge is 0.368 e. The highest BCUT2D eigenvalue weighted by atomic mass is 15.2. The highest BCUT2D eigenvalue weighted by molar-refractivity contribution is 6.10. The summed E-state index contributed by atoms with van der Waals surface area (Å²) >= 11 is 0. The van der Waals surface area contributed by atoms with Crippen LogP contribution in [0.4, 0.5) is 28.4 Å². The highest BCUT2D eigenvalue weighted by Gasteiger charge is 2.38. The number of aliphatic imine (C=N–C) groups is 1. The molecule has 0 spiro atoms. The van der Waals surface area contributed by atoms with E-state index < -0.39 is 0 Å². The van der Waals surface area contributed by atoms with E-state index in [2.05, 4.69) is 181 Å². The number of hydrogen-bond donors (Lipinski definition) is 1. The summed E-state index contributed by atoms with van der Waals surface area (Å²) < 4.78 is 2.44. The lowest BCUT2D eigenvalue weighted by molar-refractivity contribution is 0.361. The van der Waals surface area contributed by atoms with E-state index in [1.807, 2.05) is 0 Å². The molecule has 0 radical (unpaired) electrons. The zero-order chi connectivity index (χ0) is 37.0. The molecular weight excluding hydrogens is 685 g/mol. The third-order valence-corrected chi connectivity index (χ3v) is 13.1. The van der Waals surface area contributed by atoms with E-state index >= 15 is 0 Å². The van der Waals surface area contributed by atoms with Crippen LogP contribution in [0.5, 0.6) is 0 Å². The van der Waals surface area contributed by atoms with Crippen molar-refractivity contribution in [2.24, 2.45) is 16.8 Å². The monoisotopic (exact) mass is 732 g/mol. The lowest BCUT2D eigenvalue weighted by Gasteiger charge is -2.35. The molecule has 4 aliphatic rings. The van der Waals surface area contributed by atoms with Crippen LogP contribution in [0.25, 0.3) is 38.6 Å². The quantitative estimate of drug-likeness (QED) is 0.177. The Balaban J connectivity index is 0.988. The van der Waals surface area contributed by atoms with Gasteiger partial charge in [-0.25, -0.2) is 0 Å². The van der Waals surface area contributed by atoms with Crippen molar-refractivity contribution in [1.82, 2.24) is 9.88 Å². The number of nitrogens with zero attached hydrogens (tertiary/aromatic N) is 5. The van der Waals surface area contributed by atoms with Crippen LogP contribution in [0, 0.1) is 11.8 Å². The second-order valence-electron chi connectivity index (χ2n) is 16.2. The first-order valence-electron chi connectivity index (χ1n) is 20.7. The van der Waals surface area contributed by atoms with Crippen LogP contribution in [0.1, 0.15) is 25.7 Å². The average molecular weight is 733 g/mol. The van der Waals surface area contributed by atoms with Gasteiger partial charge in [0.15, 0.2) is 0 Å². The van der Waals surface area contributed by atoms with Gasteiger partial charge in [0.25, 0.3) is 0 Å². The Hall–Kier alpha value is -5.85. The van der Waals surface area contributed by atoms with E-state index in [0.717, 1.165) is 62.1 Å². The molecule has 0 bridgehead atoms. The maximum Gasteiger partial charge on any atom is 0.0542 e. The van der Waals surface area contributed by atoms with E-state index in [-0.39, 0.29) is 0 Å². The van der Waals surface area contributed by atoms with Crippen LogP contribution in [0.15, 0.2) is 151 Å². The summed E-state index contributed by atoms with van der Waals surface area (Å²) in [4.78, 5) is 12.5. The fourth-order valence-corrected chi connectivity index (χ4v) is 10.4. The number of para-hydroxylation sites is 3. The van der Waals surface area contributed by atoms with Crippen molar-refractivity contribution in [2.75, 3.05) is 47.4 Å². The van der Waals surface area contributed by atoms with Gasteiger partial charge in [-0.3, -0.25) is 4.99 Å². The Morgan fingerprint density at radius 3 is 2.02 bits per heavy atom. The second kappa shape index (κ2) is 14.0. The number of hydrogen-bond acceptors (Lipinski definition) is 5. The molecule has 278 valence electrons. The first kappa shape index (κ1) is 33.5. The van der Waals surface area contributed by atoms with Crippen molar-refractivity contribution < 1.29 is 0 Å². The molecule has 5 heterocycles. The first-order valence-corrected chi connectivity index (χ1v) is 20.7. The van der Waals surface area contributed by atoms with Crippen LogP contribution in [-0.4, -0.2) is 55.6 Å². The number of benzene rings is 6. The summed E-state index contributed by atoms with van der Waals surface area (Å²) in [6.45, 7) is 5.44. The SMILES string of the molecule is C1=NCCC2C1CCN2c1cc(-c2ccc(-n3c4ccccc4c4cc(N(c5ccccc5)c5ccccc5)ccc43)cc2)cc(N2CCC3CNCCC32)c1. The molecule has 0 amide bonds. The molecule has 0 aliphatic carbocycles. The lowest BCUT2D eigenvalue weighted by atomic mass is 9.94. The van der Waals surface area contributed by atoms with Gasteiger partial charge in [-0.2, -0.15) is 0 Å². The van der Waals surface area contributed by atoms with Gasteiger partial charge in [0.05, 0.1) is 11.0 Å². The molecule has 6 heteroatoms. The maximum atomic E-state index is 4.67. The molecule has 56 heavy (non-hydrogen) atoms. The Labute approximate surface area is 329 Å². The van der Waals surface area contributed by atoms with E-state index in [0.29, 0.717) is 18.0 Å². The van der Waals surface area contributed by atoms with Crippen molar-refractivity contribution in [3.8, 4) is 16.8 Å². The summed E-state index contributed by atoms with van der Waals surface area (Å²) in [5.41, 5.74) is 12.4. The summed E-state index contributed by atoms with van der Waals surface area (Å²) in [6.07, 6.45) is 7.08. The minimum absolute atomic E-state index is 0.548. The zero-order valence-corrected chi connectivity index (χ0v) is 31.8. The van der Waals surface area contributed by atoms with Gasteiger partial charge in [-0.1, -0.05) is 66.7 Å². The molecule has 6 aromatic carbocycles. The second-order valence-corrected chi connectivity index (χ2v) is 16.2. The summed E-state index contributed by atoms with van der Waals surface area (Å²) in [5, 5.41) is 6.16. The molecule has 6 nitrogen and oxygen atoms in total. The van der Waals surface area contributed by atoms with Crippen molar-refractivity contribution in [3.63, 3.8) is 0 Å². The van der Waals surface area contributed by atoms with Crippen LogP contribution >= 0.6 is 0 Å². The highest BCUT2D eigenvalue weighted by Crippen LogP contribution is 2.43. The van der Waals surface area contributed by atoms with Gasteiger partial charge in [0.2, 0.25) is 0 Å². The van der Waals surface area contributed by atoms with Gasteiger partial charge in [-0.05, 0) is 135 Å². The van der Waals surface area contributed by atoms with E-state index in [9.17, 15) is 0 Å². The summed E-state index contributed by atoms with van der Waals surface area (Å²) in [5.74, 6) is 1.31. The summed E-state index contributed by atoms with van der Waals surface area (Å²) in [6, 6.07) is 55.1. The Morgan fingerprint density at radius 2 is 1.23 bits per heavy atom. The van der Waals surface area contributed by atoms with Crippen molar-refractivity contribution in [1.29, 1.82) is 0 Å². The standard InChI is InChI=1S/C50H48N6/c1-3-9-39(10-4-1)55(40-11-5-2-6-12-40)42-19-20-50-46(32-42)45-13-7-8-14-49(45)56(50)41-17-15-35(16-18-41)38-29-43(53-27-23-36-33-51-25-21-47(36)53)31-44(30-38)54-28-24-37-34-52-26-22-48(37)54/h1-20,29-33,36-37,47-48,52H,21-28,34H2. The number of fused-ring (bicyclic) bond motifs is 5. The van der Waals surface area contributed by atoms with Crippen LogP contribution in [0.3, 0.4) is 0 Å². The molecule has 0 saturated carbocycles. The molecule has 4 unspecified atom stereocenters. The molecule has 1 N–H and O–H groups in total. The third-order valence-electron chi connectivity index (χ3n) is 13.1. The van der Waals surface area contributed by atoms with Gasteiger partial charge in [-0.15, -0.1) is 0 Å². The van der Waals surface area contributed by atoms with Crippen LogP contribution in [-0.2, 0) is 0 Å². The molecule has 4 atom stereocenters. The first-order chi connectivity index (χ1) is 27.8. The smallest absolute Gasteiger partial charge is 0.0542 e. The van der Waals surface area contributed by atoms with E-state index in [1.165, 1.54) is 69.3 Å². The summed E-state index contributed by atoms with van der Waals surface area (Å²) in [7, 11) is 0. The number of nitrogens with one attached hydrogen (secondary N) is 1. The van der Waals surface area contributed by atoms with Crippen LogP contribution < -0.4 is 20.0 Å². The third kappa shape index (κ3) is 5.77. The van der Waals surface area contributed by atoms with Crippen molar-refractivity contribution in [3.05, 3.63) is 146 Å². The molecule has 3 fully saturated rings. The fraction of sp³-hybridized carbons (Fsp3) is 0.260.